The largest absolute Gasteiger partial charge is 0.264 e. The van der Waals surface area contributed by atoms with Crippen molar-refractivity contribution in [2.45, 2.75) is 12.3 Å². The van der Waals surface area contributed by atoms with Gasteiger partial charge in [-0.2, -0.15) is 5.26 Å². The van der Waals surface area contributed by atoms with Gasteiger partial charge in [0.2, 0.25) is 0 Å². The lowest BCUT2D eigenvalue weighted by molar-refractivity contribution is 0.844. The zero-order valence-corrected chi connectivity index (χ0v) is 9.93. The van der Waals surface area contributed by atoms with Crippen LogP contribution in [0.5, 0.6) is 0 Å². The van der Waals surface area contributed by atoms with Crippen molar-refractivity contribution in [3.05, 3.63) is 64.9 Å². The number of rotatable bonds is 3. The van der Waals surface area contributed by atoms with Crippen LogP contribution < -0.4 is 0 Å². The van der Waals surface area contributed by atoms with Crippen molar-refractivity contribution in [2.75, 3.05) is 0 Å². The van der Waals surface area contributed by atoms with Crippen LogP contribution in [0.3, 0.4) is 0 Å². The Balaban J connectivity index is 2.25. The van der Waals surface area contributed by atoms with Crippen LogP contribution in [0, 0.1) is 11.3 Å². The highest BCUT2D eigenvalue weighted by molar-refractivity contribution is 6.31. The molecule has 1 heterocycles. The molecule has 3 heteroatoms. The van der Waals surface area contributed by atoms with Gasteiger partial charge in [0.25, 0.3) is 0 Å². The minimum Gasteiger partial charge on any atom is -0.264 e. The molecular weight excluding hydrogens is 232 g/mol. The number of aromatic nitrogens is 1. The maximum Gasteiger partial charge on any atom is 0.0767 e. The van der Waals surface area contributed by atoms with E-state index in [1.807, 2.05) is 36.4 Å². The highest BCUT2D eigenvalue weighted by Gasteiger charge is 2.14. The minimum atomic E-state index is -0.229. The number of hydrogen-bond donors (Lipinski definition) is 0. The second kappa shape index (κ2) is 5.47. The third-order valence-corrected chi connectivity index (χ3v) is 2.94. The first kappa shape index (κ1) is 11.6. The molecule has 0 aliphatic carbocycles. The van der Waals surface area contributed by atoms with E-state index in [0.29, 0.717) is 11.4 Å². The molecule has 84 valence electrons. The third-order valence-electron chi connectivity index (χ3n) is 2.60. The molecule has 0 fully saturated rings. The van der Waals surface area contributed by atoms with Gasteiger partial charge in [0.1, 0.15) is 0 Å². The zero-order valence-electron chi connectivity index (χ0n) is 9.18. The van der Waals surface area contributed by atoms with Crippen LogP contribution in [0.25, 0.3) is 0 Å². The van der Waals surface area contributed by atoms with Crippen molar-refractivity contribution in [3.63, 3.8) is 0 Å². The van der Waals surface area contributed by atoms with Gasteiger partial charge < -0.3 is 0 Å². The number of hydrogen-bond acceptors (Lipinski definition) is 2. The monoisotopic (exact) mass is 242 g/mol. The minimum absolute atomic E-state index is 0.229. The summed E-state index contributed by atoms with van der Waals surface area (Å²) in [6, 6.07) is 13.6. The van der Waals surface area contributed by atoms with E-state index in [4.69, 9.17) is 11.6 Å². The number of nitriles is 1. The van der Waals surface area contributed by atoms with Crippen LogP contribution in [0.4, 0.5) is 0 Å². The van der Waals surface area contributed by atoms with Gasteiger partial charge in [0.05, 0.1) is 12.0 Å². The first-order valence-corrected chi connectivity index (χ1v) is 5.72. The molecule has 1 atom stereocenters. The molecule has 0 aliphatic heterocycles. The Morgan fingerprint density at radius 2 is 2.06 bits per heavy atom. The number of nitrogens with zero attached hydrogens (tertiary/aromatic N) is 2. The smallest absolute Gasteiger partial charge is 0.0767 e. The Morgan fingerprint density at radius 1 is 1.24 bits per heavy atom. The van der Waals surface area contributed by atoms with Gasteiger partial charge in [-0.05, 0) is 29.7 Å². The van der Waals surface area contributed by atoms with Gasteiger partial charge in [-0.15, -0.1) is 0 Å². The maximum absolute atomic E-state index is 9.24. The molecular formula is C14H11ClN2. The molecule has 17 heavy (non-hydrogen) atoms. The first-order chi connectivity index (χ1) is 8.31. The van der Waals surface area contributed by atoms with Crippen LogP contribution >= 0.6 is 11.6 Å². The summed E-state index contributed by atoms with van der Waals surface area (Å²) in [5.41, 5.74) is 1.92. The van der Waals surface area contributed by atoms with Crippen molar-refractivity contribution in [1.29, 1.82) is 5.26 Å². The van der Waals surface area contributed by atoms with E-state index in [1.165, 1.54) is 0 Å². The molecule has 0 bridgehead atoms. The Kier molecular flexibility index (Phi) is 3.74. The van der Waals surface area contributed by atoms with Crippen molar-refractivity contribution in [1.82, 2.24) is 4.98 Å². The number of pyridine rings is 1. The number of halogens is 1. The van der Waals surface area contributed by atoms with E-state index < -0.39 is 0 Å². The van der Waals surface area contributed by atoms with Crippen LogP contribution in [0.1, 0.15) is 17.0 Å². The fourth-order valence-corrected chi connectivity index (χ4v) is 2.00. The molecule has 2 rings (SSSR count). The molecule has 0 spiro atoms. The van der Waals surface area contributed by atoms with Crippen molar-refractivity contribution < 1.29 is 0 Å². The summed E-state index contributed by atoms with van der Waals surface area (Å²) in [7, 11) is 0. The van der Waals surface area contributed by atoms with Crippen molar-refractivity contribution >= 4 is 11.6 Å². The summed E-state index contributed by atoms with van der Waals surface area (Å²) < 4.78 is 0. The fraction of sp³-hybridized carbons (Fsp3) is 0.143. The molecule has 0 radical (unpaired) electrons. The highest BCUT2D eigenvalue weighted by Crippen LogP contribution is 2.26. The predicted molar refractivity (Wildman–Crippen MR) is 67.7 cm³/mol. The molecule has 2 aromatic rings. The van der Waals surface area contributed by atoms with Crippen molar-refractivity contribution in [3.8, 4) is 6.07 Å². The Bertz CT molecular complexity index is 531. The molecule has 0 N–H and O–H groups in total. The van der Waals surface area contributed by atoms with Crippen LogP contribution in [-0.4, -0.2) is 4.98 Å². The highest BCUT2D eigenvalue weighted by atomic mass is 35.5. The quantitative estimate of drug-likeness (QED) is 0.825. The summed E-state index contributed by atoms with van der Waals surface area (Å²) in [5, 5.41) is 9.88. The second-order valence-corrected chi connectivity index (χ2v) is 4.18. The average Bonchev–Trinajstić information content (AvgIpc) is 2.38. The van der Waals surface area contributed by atoms with E-state index >= 15 is 0 Å². The summed E-state index contributed by atoms with van der Waals surface area (Å²) in [4.78, 5) is 4.05. The molecule has 1 aromatic heterocycles. The van der Waals surface area contributed by atoms with Gasteiger partial charge in [-0.3, -0.25) is 4.98 Å². The fourth-order valence-electron chi connectivity index (χ4n) is 1.74. The standard InChI is InChI=1S/C14H11ClN2/c15-14-6-2-1-5-13(14)12(9-16)8-11-4-3-7-17-10-11/h1-7,10,12H,8H2. The van der Waals surface area contributed by atoms with Crippen LogP contribution in [0.2, 0.25) is 5.02 Å². The first-order valence-electron chi connectivity index (χ1n) is 5.34. The molecule has 1 aromatic carbocycles. The van der Waals surface area contributed by atoms with Crippen molar-refractivity contribution in [2.24, 2.45) is 0 Å². The molecule has 1 unspecified atom stereocenters. The Morgan fingerprint density at radius 3 is 2.71 bits per heavy atom. The summed E-state index contributed by atoms with van der Waals surface area (Å²) in [6.07, 6.45) is 4.13. The Hall–Kier alpha value is -1.85. The van der Waals surface area contributed by atoms with Crippen LogP contribution in [-0.2, 0) is 6.42 Å². The van der Waals surface area contributed by atoms with E-state index in [0.717, 1.165) is 11.1 Å². The average molecular weight is 243 g/mol. The zero-order chi connectivity index (χ0) is 12.1. The van der Waals surface area contributed by atoms with Crippen LogP contribution in [0.15, 0.2) is 48.8 Å². The molecule has 0 saturated carbocycles. The van der Waals surface area contributed by atoms with Gasteiger partial charge in [-0.25, -0.2) is 0 Å². The topological polar surface area (TPSA) is 36.7 Å². The molecule has 0 saturated heterocycles. The maximum atomic E-state index is 9.24. The molecule has 0 amide bonds. The third kappa shape index (κ3) is 2.83. The summed E-state index contributed by atoms with van der Waals surface area (Å²) >= 11 is 6.10. The lowest BCUT2D eigenvalue weighted by atomic mass is 9.94. The van der Waals surface area contributed by atoms with Gasteiger partial charge >= 0.3 is 0 Å². The lowest BCUT2D eigenvalue weighted by Gasteiger charge is -2.10. The molecule has 0 aliphatic rings. The number of benzene rings is 1. The molecule has 2 nitrogen and oxygen atoms in total. The lowest BCUT2D eigenvalue weighted by Crippen LogP contribution is -2.01. The summed E-state index contributed by atoms with van der Waals surface area (Å²) in [6.45, 7) is 0. The van der Waals surface area contributed by atoms with Gasteiger partial charge in [0, 0.05) is 17.4 Å². The normalized spacial score (nSPS) is 11.8. The SMILES string of the molecule is N#CC(Cc1cccnc1)c1ccccc1Cl. The van der Waals surface area contributed by atoms with E-state index in [1.54, 1.807) is 12.4 Å². The predicted octanol–water partition coefficient (Wildman–Crippen LogP) is 3.58. The Labute approximate surface area is 105 Å². The van der Waals surface area contributed by atoms with E-state index in [-0.39, 0.29) is 5.92 Å². The summed E-state index contributed by atoms with van der Waals surface area (Å²) in [5.74, 6) is -0.229. The van der Waals surface area contributed by atoms with Gasteiger partial charge in [-0.1, -0.05) is 35.9 Å². The van der Waals surface area contributed by atoms with Gasteiger partial charge in [0.15, 0.2) is 0 Å². The van der Waals surface area contributed by atoms with E-state index in [9.17, 15) is 5.26 Å². The second-order valence-electron chi connectivity index (χ2n) is 3.77. The van der Waals surface area contributed by atoms with E-state index in [2.05, 4.69) is 11.1 Å².